The normalized spacial score (nSPS) is 28.8. The minimum Gasteiger partial charge on any atom is -0.372 e. The van der Waals surface area contributed by atoms with Crippen LogP contribution in [0.25, 0.3) is 0 Å². The molecule has 4 heteroatoms. The molecule has 0 unspecified atom stereocenters. The van der Waals surface area contributed by atoms with Gasteiger partial charge in [0, 0.05) is 37.9 Å². The molecule has 0 aromatic carbocycles. The number of likely N-dealkylation sites (tertiary alicyclic amines) is 1. The van der Waals surface area contributed by atoms with Crippen LogP contribution in [-0.4, -0.2) is 47.3 Å². The lowest BCUT2D eigenvalue weighted by molar-refractivity contribution is -0.0584. The predicted octanol–water partition coefficient (Wildman–Crippen LogP) is 2.77. The van der Waals surface area contributed by atoms with Crippen molar-refractivity contribution in [2.45, 2.75) is 62.9 Å². The van der Waals surface area contributed by atoms with Gasteiger partial charge in [0.15, 0.2) is 0 Å². The summed E-state index contributed by atoms with van der Waals surface area (Å²) in [5.41, 5.74) is 1.29. The topological polar surface area (TPSA) is 34.6 Å². The summed E-state index contributed by atoms with van der Waals surface area (Å²) in [5, 5.41) is 0. The summed E-state index contributed by atoms with van der Waals surface area (Å²) in [6.07, 6.45) is 11.6. The molecule has 3 aliphatic rings. The maximum absolute atomic E-state index is 6.20. The fourth-order valence-corrected chi connectivity index (χ4v) is 4.00. The average molecular weight is 302 g/mol. The minimum absolute atomic E-state index is 0.100. The second-order valence-corrected chi connectivity index (χ2v) is 7.11. The highest BCUT2D eigenvalue weighted by molar-refractivity contribution is 5.08. The second kappa shape index (κ2) is 6.26. The first-order valence-electron chi connectivity index (χ1n) is 8.72. The monoisotopic (exact) mass is 302 g/mol. The quantitative estimate of drug-likeness (QED) is 0.856. The van der Waals surface area contributed by atoms with E-state index in [1.165, 1.54) is 50.8 Å². The van der Waals surface area contributed by atoms with E-state index in [2.05, 4.69) is 9.88 Å². The Morgan fingerprint density at radius 3 is 2.68 bits per heavy atom. The lowest BCUT2D eigenvalue weighted by Gasteiger charge is -2.45. The third-order valence-electron chi connectivity index (χ3n) is 5.71. The summed E-state index contributed by atoms with van der Waals surface area (Å²) in [4.78, 5) is 6.73. The van der Waals surface area contributed by atoms with Gasteiger partial charge in [-0.15, -0.1) is 0 Å². The minimum atomic E-state index is 0.100. The van der Waals surface area contributed by atoms with E-state index in [1.807, 2.05) is 24.5 Å². The third-order valence-corrected chi connectivity index (χ3v) is 5.71. The van der Waals surface area contributed by atoms with Gasteiger partial charge in [-0.05, 0) is 43.4 Å². The van der Waals surface area contributed by atoms with E-state index in [0.717, 1.165) is 19.1 Å². The van der Waals surface area contributed by atoms with Crippen LogP contribution < -0.4 is 0 Å². The SMILES string of the molecule is c1cc(CO[C@H]2COC3(CCN(C4CCC4)CC3)C2)ccn1. The van der Waals surface area contributed by atoms with Crippen LogP contribution >= 0.6 is 0 Å². The molecule has 2 saturated heterocycles. The average Bonchev–Trinajstić information content (AvgIpc) is 2.90. The molecule has 0 radical (unpaired) electrons. The first-order chi connectivity index (χ1) is 10.8. The number of ether oxygens (including phenoxy) is 2. The van der Waals surface area contributed by atoms with Crippen LogP contribution in [-0.2, 0) is 16.1 Å². The fourth-order valence-electron chi connectivity index (χ4n) is 4.00. The van der Waals surface area contributed by atoms with E-state index in [1.54, 1.807) is 0 Å². The molecule has 1 saturated carbocycles. The van der Waals surface area contributed by atoms with Crippen LogP contribution in [0.1, 0.15) is 44.1 Å². The summed E-state index contributed by atoms with van der Waals surface area (Å²) >= 11 is 0. The molecule has 0 amide bonds. The second-order valence-electron chi connectivity index (χ2n) is 7.11. The highest BCUT2D eigenvalue weighted by atomic mass is 16.6. The molecule has 22 heavy (non-hydrogen) atoms. The van der Waals surface area contributed by atoms with Gasteiger partial charge in [-0.1, -0.05) is 6.42 Å². The smallest absolute Gasteiger partial charge is 0.0840 e. The lowest BCUT2D eigenvalue weighted by Crippen LogP contribution is -2.50. The molecule has 120 valence electrons. The Labute approximate surface area is 132 Å². The van der Waals surface area contributed by atoms with Crippen molar-refractivity contribution in [1.82, 2.24) is 9.88 Å². The van der Waals surface area contributed by atoms with Crippen molar-refractivity contribution in [1.29, 1.82) is 0 Å². The summed E-state index contributed by atoms with van der Waals surface area (Å²) in [6.45, 7) is 3.85. The fraction of sp³-hybridized carbons (Fsp3) is 0.722. The van der Waals surface area contributed by atoms with Crippen molar-refractivity contribution < 1.29 is 9.47 Å². The summed E-state index contributed by atoms with van der Waals surface area (Å²) in [7, 11) is 0. The van der Waals surface area contributed by atoms with E-state index in [0.29, 0.717) is 6.61 Å². The van der Waals surface area contributed by atoms with Gasteiger partial charge >= 0.3 is 0 Å². The summed E-state index contributed by atoms with van der Waals surface area (Å²) in [6, 6.07) is 4.91. The van der Waals surface area contributed by atoms with Gasteiger partial charge in [0.25, 0.3) is 0 Å². The Morgan fingerprint density at radius 1 is 1.23 bits per heavy atom. The van der Waals surface area contributed by atoms with Crippen molar-refractivity contribution in [3.8, 4) is 0 Å². The molecule has 1 aromatic rings. The zero-order valence-electron chi connectivity index (χ0n) is 13.2. The van der Waals surface area contributed by atoms with Crippen molar-refractivity contribution in [2.75, 3.05) is 19.7 Å². The van der Waals surface area contributed by atoms with Crippen LogP contribution in [0.3, 0.4) is 0 Å². The number of aromatic nitrogens is 1. The highest BCUT2D eigenvalue weighted by Crippen LogP contribution is 2.39. The molecule has 4 nitrogen and oxygen atoms in total. The van der Waals surface area contributed by atoms with Gasteiger partial charge in [-0.25, -0.2) is 0 Å². The first kappa shape index (κ1) is 14.6. The molecule has 1 aliphatic carbocycles. The molecule has 1 spiro atoms. The Hall–Kier alpha value is -0.970. The number of rotatable bonds is 4. The maximum atomic E-state index is 6.20. The Bertz CT molecular complexity index is 481. The molecule has 0 N–H and O–H groups in total. The summed E-state index contributed by atoms with van der Waals surface area (Å²) < 4.78 is 12.3. The van der Waals surface area contributed by atoms with Gasteiger partial charge in [0.1, 0.15) is 0 Å². The van der Waals surface area contributed by atoms with Gasteiger partial charge in [0.05, 0.1) is 24.9 Å². The Kier molecular flexibility index (Phi) is 4.16. The van der Waals surface area contributed by atoms with Crippen LogP contribution in [0, 0.1) is 0 Å². The molecule has 1 aromatic heterocycles. The van der Waals surface area contributed by atoms with E-state index < -0.39 is 0 Å². The lowest BCUT2D eigenvalue weighted by atomic mass is 9.84. The molecule has 4 rings (SSSR count). The Balaban J connectivity index is 1.25. The molecule has 3 heterocycles. The number of piperidine rings is 1. The van der Waals surface area contributed by atoms with Gasteiger partial charge in [0.2, 0.25) is 0 Å². The van der Waals surface area contributed by atoms with Crippen LogP contribution in [0.2, 0.25) is 0 Å². The zero-order chi connectivity index (χ0) is 14.8. The summed E-state index contributed by atoms with van der Waals surface area (Å²) in [5.74, 6) is 0. The van der Waals surface area contributed by atoms with Gasteiger partial charge < -0.3 is 14.4 Å². The molecular weight excluding hydrogens is 276 g/mol. The maximum Gasteiger partial charge on any atom is 0.0840 e. The van der Waals surface area contributed by atoms with Crippen molar-refractivity contribution in [3.63, 3.8) is 0 Å². The van der Waals surface area contributed by atoms with E-state index >= 15 is 0 Å². The van der Waals surface area contributed by atoms with Crippen LogP contribution in [0.4, 0.5) is 0 Å². The zero-order valence-corrected chi connectivity index (χ0v) is 13.2. The highest BCUT2D eigenvalue weighted by Gasteiger charge is 2.44. The van der Waals surface area contributed by atoms with Crippen molar-refractivity contribution in [2.24, 2.45) is 0 Å². The van der Waals surface area contributed by atoms with E-state index in [9.17, 15) is 0 Å². The number of hydrogen-bond acceptors (Lipinski definition) is 4. The van der Waals surface area contributed by atoms with Gasteiger partial charge in [-0.2, -0.15) is 0 Å². The van der Waals surface area contributed by atoms with Crippen LogP contribution in [0.5, 0.6) is 0 Å². The van der Waals surface area contributed by atoms with Crippen molar-refractivity contribution >= 4 is 0 Å². The van der Waals surface area contributed by atoms with Crippen molar-refractivity contribution in [3.05, 3.63) is 30.1 Å². The Morgan fingerprint density at radius 2 is 2.00 bits per heavy atom. The molecule has 0 bridgehead atoms. The molecule has 3 fully saturated rings. The van der Waals surface area contributed by atoms with E-state index in [4.69, 9.17) is 9.47 Å². The van der Waals surface area contributed by atoms with Gasteiger partial charge in [-0.3, -0.25) is 4.98 Å². The predicted molar refractivity (Wildman–Crippen MR) is 84.6 cm³/mol. The third kappa shape index (κ3) is 3.05. The van der Waals surface area contributed by atoms with Crippen LogP contribution in [0.15, 0.2) is 24.5 Å². The largest absolute Gasteiger partial charge is 0.372 e. The molecule has 1 atom stereocenters. The number of pyridine rings is 1. The standard InChI is InChI=1S/C18H26N2O2/c1-2-16(3-1)20-10-6-18(7-11-20)12-17(14-22-18)21-13-15-4-8-19-9-5-15/h4-5,8-9,16-17H,1-3,6-7,10-14H2/t17-/m1/s1. The van der Waals surface area contributed by atoms with E-state index in [-0.39, 0.29) is 11.7 Å². The first-order valence-corrected chi connectivity index (χ1v) is 8.72. The number of nitrogens with zero attached hydrogens (tertiary/aromatic N) is 2. The number of hydrogen-bond donors (Lipinski definition) is 0. The molecular formula is C18H26N2O2. The molecule has 2 aliphatic heterocycles.